The second kappa shape index (κ2) is 9.86. The minimum atomic E-state index is -3.83. The van der Waals surface area contributed by atoms with E-state index in [0.29, 0.717) is 17.1 Å². The van der Waals surface area contributed by atoms with Gasteiger partial charge in [0.1, 0.15) is 6.04 Å². The molecule has 3 aromatic rings. The molecule has 10 heteroatoms. The molecule has 0 saturated heterocycles. The number of amides is 1. The second-order valence-corrected chi connectivity index (χ2v) is 11.5. The first-order chi connectivity index (χ1) is 15.9. The van der Waals surface area contributed by atoms with Crippen molar-refractivity contribution in [1.29, 1.82) is 0 Å². The molecule has 0 radical (unpaired) electrons. The van der Waals surface area contributed by atoms with Gasteiger partial charge in [0, 0.05) is 5.69 Å². The predicted molar refractivity (Wildman–Crippen MR) is 135 cm³/mol. The molecule has 0 fully saturated rings. The minimum absolute atomic E-state index is 0.0292. The molecule has 0 bridgehead atoms. The molecule has 0 heterocycles. The van der Waals surface area contributed by atoms with Gasteiger partial charge in [-0.15, -0.1) is 0 Å². The van der Waals surface area contributed by atoms with E-state index in [9.17, 15) is 21.6 Å². The SMILES string of the molecule is Cc1ccc(C)c(NS(=O)(=O)c2ccc(NC(=O)[C@@H](C)N(c3ccccc3)S(C)(=O)=O)cc2)c1. The van der Waals surface area contributed by atoms with Crippen molar-refractivity contribution in [3.05, 3.63) is 83.9 Å². The topological polar surface area (TPSA) is 113 Å². The van der Waals surface area contributed by atoms with E-state index in [1.54, 1.807) is 36.4 Å². The van der Waals surface area contributed by atoms with Crippen molar-refractivity contribution in [1.82, 2.24) is 0 Å². The van der Waals surface area contributed by atoms with Crippen molar-refractivity contribution in [3.63, 3.8) is 0 Å². The molecule has 3 aromatic carbocycles. The molecular weight excluding hydrogens is 474 g/mol. The fourth-order valence-corrected chi connectivity index (χ4v) is 5.69. The van der Waals surface area contributed by atoms with E-state index in [1.165, 1.54) is 31.2 Å². The molecule has 34 heavy (non-hydrogen) atoms. The maximum atomic E-state index is 12.8. The van der Waals surface area contributed by atoms with Crippen LogP contribution < -0.4 is 14.3 Å². The summed E-state index contributed by atoms with van der Waals surface area (Å²) in [6.07, 6.45) is 1.03. The quantitative estimate of drug-likeness (QED) is 0.486. The van der Waals surface area contributed by atoms with Crippen LogP contribution in [0.4, 0.5) is 17.1 Å². The first-order valence-corrected chi connectivity index (χ1v) is 13.8. The Labute approximate surface area is 200 Å². The van der Waals surface area contributed by atoms with Crippen LogP contribution in [0.5, 0.6) is 0 Å². The third kappa shape index (κ3) is 5.95. The minimum Gasteiger partial charge on any atom is -0.324 e. The highest BCUT2D eigenvalue weighted by Gasteiger charge is 2.29. The number of para-hydroxylation sites is 1. The maximum Gasteiger partial charge on any atom is 0.261 e. The van der Waals surface area contributed by atoms with Gasteiger partial charge in [0.25, 0.3) is 10.0 Å². The molecule has 1 amide bonds. The Morgan fingerprint density at radius 3 is 2.09 bits per heavy atom. The number of aryl methyl sites for hydroxylation is 2. The van der Waals surface area contributed by atoms with Crippen LogP contribution in [-0.4, -0.2) is 35.0 Å². The summed E-state index contributed by atoms with van der Waals surface area (Å²) in [6.45, 7) is 5.17. The van der Waals surface area contributed by atoms with E-state index in [1.807, 2.05) is 26.0 Å². The number of hydrogen-bond acceptors (Lipinski definition) is 5. The monoisotopic (exact) mass is 501 g/mol. The maximum absolute atomic E-state index is 12.8. The van der Waals surface area contributed by atoms with E-state index in [-0.39, 0.29) is 4.90 Å². The zero-order chi connectivity index (χ0) is 25.1. The number of benzene rings is 3. The first-order valence-electron chi connectivity index (χ1n) is 10.4. The smallest absolute Gasteiger partial charge is 0.261 e. The van der Waals surface area contributed by atoms with Gasteiger partial charge in [0.05, 0.1) is 22.5 Å². The number of nitrogens with zero attached hydrogens (tertiary/aromatic N) is 1. The molecule has 0 spiro atoms. The molecule has 0 aliphatic heterocycles. The van der Waals surface area contributed by atoms with Gasteiger partial charge in [-0.2, -0.15) is 0 Å². The van der Waals surface area contributed by atoms with E-state index < -0.39 is 32.0 Å². The molecule has 8 nitrogen and oxygen atoms in total. The van der Waals surface area contributed by atoms with Crippen LogP contribution in [0.2, 0.25) is 0 Å². The number of nitrogens with one attached hydrogen (secondary N) is 2. The first kappa shape index (κ1) is 25.3. The number of anilines is 3. The van der Waals surface area contributed by atoms with Crippen LogP contribution >= 0.6 is 0 Å². The van der Waals surface area contributed by atoms with Crippen molar-refractivity contribution in [3.8, 4) is 0 Å². The second-order valence-electron chi connectivity index (χ2n) is 8.01. The highest BCUT2D eigenvalue weighted by Crippen LogP contribution is 2.23. The number of hydrogen-bond donors (Lipinski definition) is 2. The van der Waals surface area contributed by atoms with Crippen molar-refractivity contribution in [2.45, 2.75) is 31.7 Å². The Morgan fingerprint density at radius 1 is 0.882 bits per heavy atom. The molecule has 0 aliphatic carbocycles. The number of sulfonamides is 2. The summed E-state index contributed by atoms with van der Waals surface area (Å²) in [7, 11) is -7.57. The normalized spacial score (nSPS) is 12.6. The van der Waals surface area contributed by atoms with Crippen LogP contribution in [0, 0.1) is 13.8 Å². The lowest BCUT2D eigenvalue weighted by Crippen LogP contribution is -2.45. The summed E-state index contributed by atoms with van der Waals surface area (Å²) in [4.78, 5) is 12.8. The van der Waals surface area contributed by atoms with Crippen LogP contribution in [0.3, 0.4) is 0 Å². The van der Waals surface area contributed by atoms with E-state index >= 15 is 0 Å². The lowest BCUT2D eigenvalue weighted by atomic mass is 10.1. The summed E-state index contributed by atoms with van der Waals surface area (Å²) in [6, 6.07) is 18.4. The highest BCUT2D eigenvalue weighted by atomic mass is 32.2. The average molecular weight is 502 g/mol. The lowest BCUT2D eigenvalue weighted by molar-refractivity contribution is -0.116. The Hall–Kier alpha value is -3.37. The van der Waals surface area contributed by atoms with Crippen LogP contribution in [0.1, 0.15) is 18.1 Å². The van der Waals surface area contributed by atoms with Crippen molar-refractivity contribution in [2.75, 3.05) is 20.6 Å². The molecular formula is C24H27N3O5S2. The van der Waals surface area contributed by atoms with Gasteiger partial charge in [-0.1, -0.05) is 30.3 Å². The van der Waals surface area contributed by atoms with Crippen molar-refractivity contribution in [2.24, 2.45) is 0 Å². The van der Waals surface area contributed by atoms with E-state index in [2.05, 4.69) is 10.0 Å². The van der Waals surface area contributed by atoms with Crippen LogP contribution in [-0.2, 0) is 24.8 Å². The third-order valence-electron chi connectivity index (χ3n) is 5.17. The van der Waals surface area contributed by atoms with Crippen molar-refractivity contribution >= 4 is 43.0 Å². The molecule has 0 aromatic heterocycles. The fourth-order valence-electron chi connectivity index (χ4n) is 3.40. The average Bonchev–Trinajstić information content (AvgIpc) is 2.76. The van der Waals surface area contributed by atoms with Gasteiger partial charge >= 0.3 is 0 Å². The number of carbonyl (C=O) groups is 1. The Morgan fingerprint density at radius 2 is 1.50 bits per heavy atom. The molecule has 2 N–H and O–H groups in total. The Kier molecular flexibility index (Phi) is 7.32. The largest absolute Gasteiger partial charge is 0.324 e. The molecule has 0 unspecified atom stereocenters. The highest BCUT2D eigenvalue weighted by molar-refractivity contribution is 7.92. The number of carbonyl (C=O) groups excluding carboxylic acids is 1. The van der Waals surface area contributed by atoms with E-state index in [4.69, 9.17) is 0 Å². The summed E-state index contributed by atoms with van der Waals surface area (Å²) >= 11 is 0. The Balaban J connectivity index is 1.77. The summed E-state index contributed by atoms with van der Waals surface area (Å²) in [5.74, 6) is -0.557. The van der Waals surface area contributed by atoms with Gasteiger partial charge in [0.2, 0.25) is 15.9 Å². The van der Waals surface area contributed by atoms with Crippen LogP contribution in [0.15, 0.2) is 77.7 Å². The zero-order valence-electron chi connectivity index (χ0n) is 19.3. The summed E-state index contributed by atoms with van der Waals surface area (Å²) < 4.78 is 53.9. The van der Waals surface area contributed by atoms with Gasteiger partial charge < -0.3 is 5.32 Å². The van der Waals surface area contributed by atoms with Gasteiger partial charge in [0.15, 0.2) is 0 Å². The summed E-state index contributed by atoms with van der Waals surface area (Å²) in [5, 5.41) is 2.65. The third-order valence-corrected chi connectivity index (χ3v) is 7.79. The molecule has 0 aliphatic rings. The van der Waals surface area contributed by atoms with Gasteiger partial charge in [-0.25, -0.2) is 16.8 Å². The fraction of sp³-hybridized carbons (Fsp3) is 0.208. The number of rotatable bonds is 8. The molecule has 0 saturated carbocycles. The van der Waals surface area contributed by atoms with Gasteiger partial charge in [-0.05, 0) is 74.4 Å². The van der Waals surface area contributed by atoms with Gasteiger partial charge in [-0.3, -0.25) is 13.8 Å². The summed E-state index contributed by atoms with van der Waals surface area (Å²) in [5.41, 5.74) is 2.92. The molecule has 180 valence electrons. The molecule has 1 atom stereocenters. The standard InChI is InChI=1S/C24H27N3O5S2/c1-17-10-11-18(2)23(16-17)26-34(31,32)22-14-12-20(13-15-22)25-24(28)19(3)27(33(4,29)30)21-8-6-5-7-9-21/h5-16,19,26H,1-4H3,(H,25,28)/t19-/m1/s1. The lowest BCUT2D eigenvalue weighted by Gasteiger charge is -2.28. The zero-order valence-corrected chi connectivity index (χ0v) is 20.9. The van der Waals surface area contributed by atoms with E-state index in [0.717, 1.165) is 21.7 Å². The van der Waals surface area contributed by atoms with Crippen LogP contribution in [0.25, 0.3) is 0 Å². The van der Waals surface area contributed by atoms with Crippen molar-refractivity contribution < 1.29 is 21.6 Å². The molecule has 3 rings (SSSR count). The Bertz CT molecular complexity index is 1390. The predicted octanol–water partition coefficient (Wildman–Crippen LogP) is 3.90.